The van der Waals surface area contributed by atoms with Gasteiger partial charge in [-0.1, -0.05) is 20.3 Å². The molecule has 0 bridgehead atoms. The molecule has 0 unspecified atom stereocenters. The molecule has 0 aliphatic carbocycles. The number of hydrogen-bond acceptors (Lipinski definition) is 4. The zero-order chi connectivity index (χ0) is 17.0. The van der Waals surface area contributed by atoms with E-state index in [0.717, 1.165) is 30.2 Å². The molecule has 4 nitrogen and oxygen atoms in total. The molecule has 0 atom stereocenters. The molecule has 0 saturated carbocycles. The molecule has 1 aromatic heterocycles. The lowest BCUT2D eigenvalue weighted by atomic mass is 9.98. The minimum Gasteiger partial charge on any atom is -0.493 e. The Morgan fingerprint density at radius 3 is 2.57 bits per heavy atom. The summed E-state index contributed by atoms with van der Waals surface area (Å²) >= 11 is 0. The highest BCUT2D eigenvalue weighted by Gasteiger charge is 2.19. The molecule has 23 heavy (non-hydrogen) atoms. The van der Waals surface area contributed by atoms with Gasteiger partial charge < -0.3 is 9.15 Å². The lowest BCUT2D eigenvalue weighted by Crippen LogP contribution is -2.12. The molecule has 1 aromatic carbocycles. The second-order valence-electron chi connectivity index (χ2n) is 5.82. The number of fused-ring (bicyclic) bond motifs is 1. The number of carbonyl (C=O) groups excluding carboxylic acids is 1. The summed E-state index contributed by atoms with van der Waals surface area (Å²) in [6.07, 6.45) is 3.49. The van der Waals surface area contributed by atoms with E-state index in [9.17, 15) is 9.59 Å². The van der Waals surface area contributed by atoms with Crippen molar-refractivity contribution >= 4 is 16.8 Å². The summed E-state index contributed by atoms with van der Waals surface area (Å²) < 4.78 is 11.2. The van der Waals surface area contributed by atoms with Crippen molar-refractivity contribution in [2.45, 2.75) is 53.4 Å². The van der Waals surface area contributed by atoms with Gasteiger partial charge in [0.2, 0.25) is 0 Å². The third kappa shape index (κ3) is 3.46. The van der Waals surface area contributed by atoms with Gasteiger partial charge in [-0.2, -0.15) is 0 Å². The predicted octanol–water partition coefficient (Wildman–Crippen LogP) is 4.44. The maximum Gasteiger partial charge on any atom is 0.339 e. The minimum absolute atomic E-state index is 0.162. The van der Waals surface area contributed by atoms with Gasteiger partial charge in [-0.3, -0.25) is 4.79 Å². The molecule has 2 rings (SSSR count). The second kappa shape index (κ2) is 7.44. The summed E-state index contributed by atoms with van der Waals surface area (Å²) in [5, 5.41) is 0.810. The zero-order valence-electron chi connectivity index (χ0n) is 14.3. The van der Waals surface area contributed by atoms with Crippen molar-refractivity contribution in [3.63, 3.8) is 0 Å². The molecule has 0 aliphatic rings. The normalized spacial score (nSPS) is 11.0. The highest BCUT2D eigenvalue weighted by atomic mass is 16.5. The summed E-state index contributed by atoms with van der Waals surface area (Å²) in [4.78, 5) is 24.4. The summed E-state index contributed by atoms with van der Waals surface area (Å²) in [5.74, 6) is 0.321. The molecule has 0 aliphatic heterocycles. The van der Waals surface area contributed by atoms with Crippen LogP contribution in [-0.2, 0) is 6.42 Å². The topological polar surface area (TPSA) is 56.5 Å². The third-order valence-corrected chi connectivity index (χ3v) is 4.01. The number of ether oxygens (including phenoxy) is 1. The average molecular weight is 316 g/mol. The van der Waals surface area contributed by atoms with Crippen LogP contribution < -0.4 is 10.4 Å². The Balaban J connectivity index is 2.69. The van der Waals surface area contributed by atoms with Crippen molar-refractivity contribution in [2.24, 2.45) is 0 Å². The molecule has 1 heterocycles. The number of carbonyl (C=O) groups is 1. The number of ketones is 1. The van der Waals surface area contributed by atoms with Crippen molar-refractivity contribution in [1.29, 1.82) is 0 Å². The molecular weight excluding hydrogens is 292 g/mol. The zero-order valence-corrected chi connectivity index (χ0v) is 14.3. The molecule has 0 saturated heterocycles. The van der Waals surface area contributed by atoms with Gasteiger partial charge in [0.05, 0.1) is 6.61 Å². The minimum atomic E-state index is -0.349. The summed E-state index contributed by atoms with van der Waals surface area (Å²) in [6.45, 7) is 7.99. The van der Waals surface area contributed by atoms with E-state index in [0.29, 0.717) is 35.5 Å². The van der Waals surface area contributed by atoms with Crippen molar-refractivity contribution in [3.05, 3.63) is 39.2 Å². The monoisotopic (exact) mass is 316 g/mol. The van der Waals surface area contributed by atoms with Crippen LogP contribution in [0.15, 0.2) is 21.3 Å². The highest BCUT2D eigenvalue weighted by molar-refractivity contribution is 6.07. The molecule has 0 fully saturated rings. The SMILES string of the molecule is CCCCc1c(C)c2ccc(OCCC)c(C(C)=O)c2oc1=O. The van der Waals surface area contributed by atoms with Gasteiger partial charge in [-0.15, -0.1) is 0 Å². The highest BCUT2D eigenvalue weighted by Crippen LogP contribution is 2.31. The van der Waals surface area contributed by atoms with E-state index < -0.39 is 0 Å². The first-order chi connectivity index (χ1) is 11.0. The number of unbranched alkanes of at least 4 members (excludes halogenated alkanes) is 1. The molecule has 0 spiro atoms. The van der Waals surface area contributed by atoms with Crippen LogP contribution in [0.2, 0.25) is 0 Å². The van der Waals surface area contributed by atoms with Crippen LogP contribution >= 0.6 is 0 Å². The van der Waals surface area contributed by atoms with E-state index in [1.54, 1.807) is 6.07 Å². The largest absolute Gasteiger partial charge is 0.493 e. The first-order valence-electron chi connectivity index (χ1n) is 8.24. The van der Waals surface area contributed by atoms with E-state index in [2.05, 4.69) is 6.92 Å². The van der Waals surface area contributed by atoms with Crippen molar-refractivity contribution in [3.8, 4) is 5.75 Å². The summed E-state index contributed by atoms with van der Waals surface area (Å²) in [6, 6.07) is 3.67. The van der Waals surface area contributed by atoms with Crippen LogP contribution in [0.5, 0.6) is 5.75 Å². The number of hydrogen-bond donors (Lipinski definition) is 0. The van der Waals surface area contributed by atoms with Gasteiger partial charge in [0, 0.05) is 10.9 Å². The number of aryl methyl sites for hydroxylation is 1. The molecule has 0 radical (unpaired) electrons. The number of rotatable bonds is 7. The third-order valence-electron chi connectivity index (χ3n) is 4.01. The Morgan fingerprint density at radius 1 is 1.22 bits per heavy atom. The fourth-order valence-corrected chi connectivity index (χ4v) is 2.74. The average Bonchev–Trinajstić information content (AvgIpc) is 2.51. The van der Waals surface area contributed by atoms with Gasteiger partial charge in [0.15, 0.2) is 11.4 Å². The van der Waals surface area contributed by atoms with Gasteiger partial charge in [-0.25, -0.2) is 4.79 Å². The maximum atomic E-state index is 12.3. The quantitative estimate of drug-likeness (QED) is 0.560. The first kappa shape index (κ1) is 17.3. The standard InChI is InChI=1S/C19H24O4/c1-5-7-8-15-12(3)14-9-10-16(22-11-6-2)17(13(4)20)18(14)23-19(15)21/h9-10H,5-8,11H2,1-4H3. The lowest BCUT2D eigenvalue weighted by Gasteiger charge is -2.13. The number of Topliss-reactive ketones (excluding diaryl/α,β-unsaturated/α-hetero) is 1. The summed E-state index contributed by atoms with van der Waals surface area (Å²) in [7, 11) is 0. The van der Waals surface area contributed by atoms with Crippen LogP contribution in [0.25, 0.3) is 11.0 Å². The fraction of sp³-hybridized carbons (Fsp3) is 0.474. The van der Waals surface area contributed by atoms with E-state index in [4.69, 9.17) is 9.15 Å². The Bertz CT molecular complexity index is 771. The van der Waals surface area contributed by atoms with E-state index >= 15 is 0 Å². The lowest BCUT2D eigenvalue weighted by molar-refractivity contribution is 0.101. The van der Waals surface area contributed by atoms with Gasteiger partial charge in [-0.05, 0) is 50.8 Å². The fourth-order valence-electron chi connectivity index (χ4n) is 2.74. The van der Waals surface area contributed by atoms with Crippen LogP contribution in [0.4, 0.5) is 0 Å². The van der Waals surface area contributed by atoms with Crippen LogP contribution in [0, 0.1) is 6.92 Å². The second-order valence-corrected chi connectivity index (χ2v) is 5.82. The van der Waals surface area contributed by atoms with Crippen molar-refractivity contribution in [1.82, 2.24) is 0 Å². The molecule has 124 valence electrons. The molecule has 2 aromatic rings. The maximum absolute atomic E-state index is 12.3. The van der Waals surface area contributed by atoms with Crippen LogP contribution in [0.3, 0.4) is 0 Å². The molecule has 0 N–H and O–H groups in total. The van der Waals surface area contributed by atoms with Crippen molar-refractivity contribution in [2.75, 3.05) is 6.61 Å². The molecule has 0 amide bonds. The Morgan fingerprint density at radius 2 is 1.96 bits per heavy atom. The van der Waals surface area contributed by atoms with Crippen LogP contribution in [0.1, 0.15) is 61.5 Å². The van der Waals surface area contributed by atoms with Crippen molar-refractivity contribution < 1.29 is 13.9 Å². The van der Waals surface area contributed by atoms with E-state index in [1.165, 1.54) is 6.92 Å². The number of benzene rings is 1. The van der Waals surface area contributed by atoms with Gasteiger partial charge >= 0.3 is 5.63 Å². The van der Waals surface area contributed by atoms with Crippen LogP contribution in [-0.4, -0.2) is 12.4 Å². The smallest absolute Gasteiger partial charge is 0.339 e. The Kier molecular flexibility index (Phi) is 5.59. The van der Waals surface area contributed by atoms with Gasteiger partial charge in [0.1, 0.15) is 11.3 Å². The predicted molar refractivity (Wildman–Crippen MR) is 91.6 cm³/mol. The van der Waals surface area contributed by atoms with Gasteiger partial charge in [0.25, 0.3) is 0 Å². The van der Waals surface area contributed by atoms with E-state index in [-0.39, 0.29) is 11.4 Å². The first-order valence-corrected chi connectivity index (χ1v) is 8.24. The van der Waals surface area contributed by atoms with E-state index in [1.807, 2.05) is 19.9 Å². The Labute approximate surface area is 136 Å². The molecular formula is C19H24O4. The Hall–Kier alpha value is -2.10. The molecule has 4 heteroatoms. The summed E-state index contributed by atoms with van der Waals surface area (Å²) in [5.41, 5.74) is 1.95.